The Hall–Kier alpha value is -3.13. The molecule has 0 aliphatic carbocycles. The summed E-state index contributed by atoms with van der Waals surface area (Å²) in [6, 6.07) is 14.1. The van der Waals surface area contributed by atoms with Crippen LogP contribution >= 0.6 is 11.6 Å². The van der Waals surface area contributed by atoms with Gasteiger partial charge in [-0.1, -0.05) is 50.2 Å². The molecule has 5 nitrogen and oxygen atoms in total. The van der Waals surface area contributed by atoms with Gasteiger partial charge in [0, 0.05) is 11.1 Å². The second-order valence-corrected chi connectivity index (χ2v) is 7.31. The third kappa shape index (κ3) is 3.82. The third-order valence-electron chi connectivity index (χ3n) is 4.57. The van der Waals surface area contributed by atoms with Crippen molar-refractivity contribution in [3.05, 3.63) is 71.0 Å². The standard InChI is InChI=1S/C21H16ClF3N4O/c1-12(2)16-11-18-26-27-20(22)29(18)28-19(16)30-17-10-14(21(23,24)25)8-9-15(17)13-6-4-3-5-7-13/h3-12H,1-2H3. The zero-order chi connectivity index (χ0) is 21.5. The minimum Gasteiger partial charge on any atom is -0.437 e. The van der Waals surface area contributed by atoms with Crippen LogP contribution in [0.15, 0.2) is 54.6 Å². The van der Waals surface area contributed by atoms with E-state index in [1.165, 1.54) is 10.6 Å². The van der Waals surface area contributed by atoms with Gasteiger partial charge in [-0.15, -0.1) is 15.3 Å². The highest BCUT2D eigenvalue weighted by molar-refractivity contribution is 6.28. The van der Waals surface area contributed by atoms with Crippen LogP contribution in [0.1, 0.15) is 30.9 Å². The molecule has 0 bridgehead atoms. The van der Waals surface area contributed by atoms with Crippen LogP contribution in [0, 0.1) is 0 Å². The summed E-state index contributed by atoms with van der Waals surface area (Å²) < 4.78 is 47.3. The molecule has 154 valence electrons. The summed E-state index contributed by atoms with van der Waals surface area (Å²) in [4.78, 5) is 0. The van der Waals surface area contributed by atoms with E-state index in [0.29, 0.717) is 16.8 Å². The number of hydrogen-bond donors (Lipinski definition) is 0. The van der Waals surface area contributed by atoms with Crippen molar-refractivity contribution < 1.29 is 17.9 Å². The van der Waals surface area contributed by atoms with E-state index in [-0.39, 0.29) is 22.8 Å². The number of nitrogens with zero attached hydrogens (tertiary/aromatic N) is 4. The summed E-state index contributed by atoms with van der Waals surface area (Å²) in [6.07, 6.45) is -4.51. The van der Waals surface area contributed by atoms with E-state index in [9.17, 15) is 13.2 Å². The summed E-state index contributed by atoms with van der Waals surface area (Å²) in [7, 11) is 0. The molecule has 0 fully saturated rings. The molecule has 9 heteroatoms. The number of benzene rings is 2. The van der Waals surface area contributed by atoms with Crippen LogP contribution in [0.25, 0.3) is 16.8 Å². The van der Waals surface area contributed by atoms with Gasteiger partial charge >= 0.3 is 6.18 Å². The summed E-state index contributed by atoms with van der Waals surface area (Å²) in [5, 5.41) is 12.1. The summed E-state index contributed by atoms with van der Waals surface area (Å²) in [6.45, 7) is 3.84. The Morgan fingerprint density at radius 3 is 2.40 bits per heavy atom. The lowest BCUT2D eigenvalue weighted by Crippen LogP contribution is -2.07. The van der Waals surface area contributed by atoms with Crippen molar-refractivity contribution in [3.8, 4) is 22.8 Å². The Morgan fingerprint density at radius 1 is 1.00 bits per heavy atom. The molecule has 0 N–H and O–H groups in total. The van der Waals surface area contributed by atoms with Crippen LogP contribution < -0.4 is 4.74 Å². The van der Waals surface area contributed by atoms with Gasteiger partial charge in [-0.25, -0.2) is 0 Å². The first-order valence-electron chi connectivity index (χ1n) is 9.10. The molecule has 2 heterocycles. The van der Waals surface area contributed by atoms with E-state index in [1.54, 1.807) is 30.3 Å². The Labute approximate surface area is 175 Å². The molecule has 4 rings (SSSR count). The predicted octanol–water partition coefficient (Wildman–Crippen LogP) is 6.38. The van der Waals surface area contributed by atoms with Gasteiger partial charge in [-0.05, 0) is 41.3 Å². The molecule has 0 saturated heterocycles. The van der Waals surface area contributed by atoms with Crippen LogP contribution in [0.4, 0.5) is 13.2 Å². The van der Waals surface area contributed by atoms with Gasteiger partial charge in [0.1, 0.15) is 5.75 Å². The molecule has 0 atom stereocenters. The van der Waals surface area contributed by atoms with Crippen LogP contribution in [0.3, 0.4) is 0 Å². The Bertz CT molecular complexity index is 1210. The number of fused-ring (bicyclic) bond motifs is 1. The highest BCUT2D eigenvalue weighted by Crippen LogP contribution is 2.40. The lowest BCUT2D eigenvalue weighted by atomic mass is 10.0. The second-order valence-electron chi connectivity index (χ2n) is 6.98. The molecular formula is C21H16ClF3N4O. The summed E-state index contributed by atoms with van der Waals surface area (Å²) >= 11 is 6.01. The molecule has 0 amide bonds. The molecule has 30 heavy (non-hydrogen) atoms. The fourth-order valence-electron chi connectivity index (χ4n) is 3.04. The highest BCUT2D eigenvalue weighted by Gasteiger charge is 2.32. The molecule has 0 spiro atoms. The van der Waals surface area contributed by atoms with Crippen LogP contribution in [-0.2, 0) is 6.18 Å². The minimum atomic E-state index is -4.51. The van der Waals surface area contributed by atoms with E-state index in [1.807, 2.05) is 19.9 Å². The van der Waals surface area contributed by atoms with Gasteiger partial charge in [0.15, 0.2) is 5.65 Å². The van der Waals surface area contributed by atoms with Crippen molar-refractivity contribution in [1.29, 1.82) is 0 Å². The first-order chi connectivity index (χ1) is 14.2. The Balaban J connectivity index is 1.89. The fourth-order valence-corrected chi connectivity index (χ4v) is 3.20. The molecule has 0 aliphatic heterocycles. The van der Waals surface area contributed by atoms with E-state index >= 15 is 0 Å². The number of alkyl halides is 3. The normalized spacial score (nSPS) is 12.0. The van der Waals surface area contributed by atoms with Crippen molar-refractivity contribution in [3.63, 3.8) is 0 Å². The van der Waals surface area contributed by atoms with Crippen molar-refractivity contribution in [2.75, 3.05) is 0 Å². The van der Waals surface area contributed by atoms with Gasteiger partial charge in [-0.3, -0.25) is 0 Å². The Kier molecular flexibility index (Phi) is 5.11. The van der Waals surface area contributed by atoms with Crippen molar-refractivity contribution in [1.82, 2.24) is 19.8 Å². The van der Waals surface area contributed by atoms with Gasteiger partial charge < -0.3 is 4.74 Å². The first-order valence-corrected chi connectivity index (χ1v) is 9.48. The molecule has 0 saturated carbocycles. The fraction of sp³-hybridized carbons (Fsp3) is 0.190. The summed E-state index contributed by atoms with van der Waals surface area (Å²) in [5.74, 6) is 0.142. The zero-order valence-corrected chi connectivity index (χ0v) is 16.7. The Morgan fingerprint density at radius 2 is 1.73 bits per heavy atom. The molecule has 4 aromatic rings. The number of hydrogen-bond acceptors (Lipinski definition) is 4. The average Bonchev–Trinajstić information content (AvgIpc) is 3.07. The molecule has 0 radical (unpaired) electrons. The van der Waals surface area contributed by atoms with Gasteiger partial charge in [0.05, 0.1) is 5.56 Å². The van der Waals surface area contributed by atoms with Crippen molar-refractivity contribution in [2.45, 2.75) is 25.9 Å². The number of aromatic nitrogens is 4. The van der Waals surface area contributed by atoms with Crippen LogP contribution in [-0.4, -0.2) is 19.8 Å². The SMILES string of the molecule is CC(C)c1cc2nnc(Cl)n2nc1Oc1cc(C(F)(F)F)ccc1-c1ccccc1. The van der Waals surface area contributed by atoms with E-state index < -0.39 is 11.7 Å². The molecule has 2 aromatic heterocycles. The largest absolute Gasteiger partial charge is 0.437 e. The van der Waals surface area contributed by atoms with Crippen molar-refractivity contribution in [2.24, 2.45) is 0 Å². The smallest absolute Gasteiger partial charge is 0.416 e. The first kappa shape index (κ1) is 20.2. The average molecular weight is 433 g/mol. The number of rotatable bonds is 4. The monoisotopic (exact) mass is 432 g/mol. The molecule has 0 unspecified atom stereocenters. The van der Waals surface area contributed by atoms with Crippen LogP contribution in [0.5, 0.6) is 11.6 Å². The van der Waals surface area contributed by atoms with E-state index in [2.05, 4.69) is 15.3 Å². The maximum Gasteiger partial charge on any atom is 0.416 e. The molecular weight excluding hydrogens is 417 g/mol. The van der Waals surface area contributed by atoms with E-state index in [0.717, 1.165) is 17.7 Å². The maximum atomic E-state index is 13.4. The van der Waals surface area contributed by atoms with Crippen LogP contribution in [0.2, 0.25) is 5.28 Å². The quantitative estimate of drug-likeness (QED) is 0.375. The lowest BCUT2D eigenvalue weighted by Gasteiger charge is -2.17. The molecule has 0 aliphatic rings. The highest BCUT2D eigenvalue weighted by atomic mass is 35.5. The topological polar surface area (TPSA) is 52.3 Å². The van der Waals surface area contributed by atoms with Crippen molar-refractivity contribution >= 4 is 17.2 Å². The molecule has 2 aromatic carbocycles. The van der Waals surface area contributed by atoms with Gasteiger partial charge in [0.25, 0.3) is 0 Å². The number of ether oxygens (including phenoxy) is 1. The minimum absolute atomic E-state index is 0.0254. The maximum absolute atomic E-state index is 13.4. The summed E-state index contributed by atoms with van der Waals surface area (Å²) in [5.41, 5.74) is 1.50. The predicted molar refractivity (Wildman–Crippen MR) is 107 cm³/mol. The zero-order valence-electron chi connectivity index (χ0n) is 16.0. The van der Waals surface area contributed by atoms with Gasteiger partial charge in [0.2, 0.25) is 11.2 Å². The van der Waals surface area contributed by atoms with E-state index in [4.69, 9.17) is 16.3 Å². The number of halogens is 4. The van der Waals surface area contributed by atoms with Gasteiger partial charge in [-0.2, -0.15) is 17.7 Å². The second kappa shape index (κ2) is 7.60. The lowest BCUT2D eigenvalue weighted by molar-refractivity contribution is -0.137. The third-order valence-corrected chi connectivity index (χ3v) is 4.81.